The first-order valence-corrected chi connectivity index (χ1v) is 4.59. The van der Waals surface area contributed by atoms with Crippen LogP contribution in [-0.2, 0) is 0 Å². The molecule has 2 aromatic rings. The lowest BCUT2D eigenvalue weighted by atomic mass is 10.2. The maximum Gasteiger partial charge on any atom is 0.194 e. The van der Waals surface area contributed by atoms with Gasteiger partial charge >= 0.3 is 0 Å². The van der Waals surface area contributed by atoms with Crippen molar-refractivity contribution in [3.8, 4) is 5.75 Å². The molecule has 1 aromatic carbocycles. The monoisotopic (exact) mass is 198 g/mol. The summed E-state index contributed by atoms with van der Waals surface area (Å²) in [4.78, 5) is 8.04. The van der Waals surface area contributed by atoms with E-state index in [-0.39, 0.29) is 5.75 Å². The number of nitrogens with zero attached hydrogens (tertiary/aromatic N) is 2. The number of benzene rings is 1. The minimum atomic E-state index is 0.0877. The van der Waals surface area contributed by atoms with Gasteiger partial charge in [-0.3, -0.25) is 0 Å². The molecule has 1 aromatic heterocycles. The van der Waals surface area contributed by atoms with E-state index in [0.717, 1.165) is 5.56 Å². The highest BCUT2D eigenvalue weighted by atomic mass is 16.3. The lowest BCUT2D eigenvalue weighted by molar-refractivity contribution is 0.474. The molecule has 2 rings (SSSR count). The molecule has 0 unspecified atom stereocenters. The van der Waals surface area contributed by atoms with Crippen LogP contribution in [0, 0.1) is 0 Å². The van der Waals surface area contributed by atoms with Crippen LogP contribution in [0.2, 0.25) is 0 Å². The van der Waals surface area contributed by atoms with Crippen molar-refractivity contribution >= 4 is 12.0 Å². The SMILES string of the molecule is Oc1cccnc1/N=C/c1ccccc1. The zero-order valence-corrected chi connectivity index (χ0v) is 8.04. The fourth-order valence-electron chi connectivity index (χ4n) is 1.16. The summed E-state index contributed by atoms with van der Waals surface area (Å²) in [7, 11) is 0. The third-order valence-electron chi connectivity index (χ3n) is 1.90. The van der Waals surface area contributed by atoms with Crippen molar-refractivity contribution in [1.82, 2.24) is 4.98 Å². The first kappa shape index (κ1) is 9.40. The Morgan fingerprint density at radius 2 is 1.87 bits per heavy atom. The number of aromatic hydroxyl groups is 1. The van der Waals surface area contributed by atoms with E-state index in [4.69, 9.17) is 0 Å². The average molecular weight is 198 g/mol. The number of rotatable bonds is 2. The van der Waals surface area contributed by atoms with Crippen LogP contribution < -0.4 is 0 Å². The molecule has 0 aliphatic heterocycles. The van der Waals surface area contributed by atoms with Crippen molar-refractivity contribution in [2.45, 2.75) is 0 Å². The second-order valence-electron chi connectivity index (χ2n) is 3.02. The molecule has 0 aliphatic rings. The zero-order chi connectivity index (χ0) is 10.5. The first-order valence-electron chi connectivity index (χ1n) is 4.59. The molecule has 0 radical (unpaired) electrons. The van der Waals surface area contributed by atoms with Crippen LogP contribution in [0.4, 0.5) is 5.82 Å². The molecular weight excluding hydrogens is 188 g/mol. The van der Waals surface area contributed by atoms with Gasteiger partial charge in [-0.1, -0.05) is 30.3 Å². The van der Waals surface area contributed by atoms with E-state index < -0.39 is 0 Å². The van der Waals surface area contributed by atoms with Crippen LogP contribution in [0.3, 0.4) is 0 Å². The van der Waals surface area contributed by atoms with Gasteiger partial charge in [-0.05, 0) is 17.7 Å². The molecular formula is C12H10N2O. The lowest BCUT2D eigenvalue weighted by Gasteiger charge is -1.95. The van der Waals surface area contributed by atoms with Crippen molar-refractivity contribution in [3.63, 3.8) is 0 Å². The van der Waals surface area contributed by atoms with Crippen molar-refractivity contribution in [2.75, 3.05) is 0 Å². The number of aromatic nitrogens is 1. The largest absolute Gasteiger partial charge is 0.504 e. The molecule has 0 atom stereocenters. The quantitative estimate of drug-likeness (QED) is 0.753. The summed E-state index contributed by atoms with van der Waals surface area (Å²) in [6.45, 7) is 0. The number of pyridine rings is 1. The van der Waals surface area contributed by atoms with Gasteiger partial charge < -0.3 is 5.11 Å². The minimum Gasteiger partial charge on any atom is -0.504 e. The van der Waals surface area contributed by atoms with E-state index in [2.05, 4.69) is 9.98 Å². The maximum absolute atomic E-state index is 9.41. The summed E-state index contributed by atoms with van der Waals surface area (Å²) in [6.07, 6.45) is 3.26. The molecule has 0 spiro atoms. The zero-order valence-electron chi connectivity index (χ0n) is 8.04. The summed E-state index contributed by atoms with van der Waals surface area (Å²) >= 11 is 0. The van der Waals surface area contributed by atoms with Gasteiger partial charge in [0.25, 0.3) is 0 Å². The Hall–Kier alpha value is -2.16. The summed E-state index contributed by atoms with van der Waals surface area (Å²) in [5, 5.41) is 9.41. The van der Waals surface area contributed by atoms with Gasteiger partial charge in [0.1, 0.15) is 0 Å². The van der Waals surface area contributed by atoms with Gasteiger partial charge in [-0.15, -0.1) is 0 Å². The first-order chi connectivity index (χ1) is 7.36. The van der Waals surface area contributed by atoms with E-state index >= 15 is 0 Å². The fraction of sp³-hybridized carbons (Fsp3) is 0. The molecule has 0 aliphatic carbocycles. The Bertz CT molecular complexity index is 466. The third-order valence-corrected chi connectivity index (χ3v) is 1.90. The predicted molar refractivity (Wildman–Crippen MR) is 59.6 cm³/mol. The van der Waals surface area contributed by atoms with Crippen molar-refractivity contribution in [3.05, 3.63) is 54.2 Å². The molecule has 3 heteroatoms. The Kier molecular flexibility index (Phi) is 2.74. The van der Waals surface area contributed by atoms with E-state index in [1.807, 2.05) is 30.3 Å². The van der Waals surface area contributed by atoms with Crippen molar-refractivity contribution < 1.29 is 5.11 Å². The number of hydrogen-bond donors (Lipinski definition) is 1. The number of aliphatic imine (C=N–C) groups is 1. The van der Waals surface area contributed by atoms with E-state index in [1.165, 1.54) is 0 Å². The molecule has 0 saturated carbocycles. The van der Waals surface area contributed by atoms with Crippen molar-refractivity contribution in [1.29, 1.82) is 0 Å². The molecule has 0 fully saturated rings. The summed E-state index contributed by atoms with van der Waals surface area (Å²) < 4.78 is 0. The van der Waals surface area contributed by atoms with Crippen LogP contribution in [0.1, 0.15) is 5.56 Å². The molecule has 1 N–H and O–H groups in total. The highest BCUT2D eigenvalue weighted by Gasteiger charge is 1.96. The Morgan fingerprint density at radius 1 is 1.07 bits per heavy atom. The Balaban J connectivity index is 2.23. The molecule has 3 nitrogen and oxygen atoms in total. The normalized spacial score (nSPS) is 10.7. The predicted octanol–water partition coefficient (Wildman–Crippen LogP) is 2.54. The summed E-state index contributed by atoms with van der Waals surface area (Å²) in [6, 6.07) is 12.9. The highest BCUT2D eigenvalue weighted by Crippen LogP contribution is 2.21. The lowest BCUT2D eigenvalue weighted by Crippen LogP contribution is -1.80. The van der Waals surface area contributed by atoms with E-state index in [1.54, 1.807) is 24.5 Å². The molecule has 0 saturated heterocycles. The standard InChI is InChI=1S/C12H10N2O/c15-11-7-4-8-13-12(11)14-9-10-5-2-1-3-6-10/h1-9,15H/b14-9+. The van der Waals surface area contributed by atoms with E-state index in [9.17, 15) is 5.11 Å². The van der Waals surface area contributed by atoms with Crippen LogP contribution in [-0.4, -0.2) is 16.3 Å². The second-order valence-corrected chi connectivity index (χ2v) is 3.02. The maximum atomic E-state index is 9.41. The minimum absolute atomic E-state index is 0.0877. The molecule has 0 bridgehead atoms. The van der Waals surface area contributed by atoms with Gasteiger partial charge in [-0.2, -0.15) is 0 Å². The van der Waals surface area contributed by atoms with Crippen LogP contribution in [0.5, 0.6) is 5.75 Å². The van der Waals surface area contributed by atoms with Crippen LogP contribution in [0.15, 0.2) is 53.7 Å². The van der Waals surface area contributed by atoms with Crippen LogP contribution in [0.25, 0.3) is 0 Å². The molecule has 1 heterocycles. The van der Waals surface area contributed by atoms with Gasteiger partial charge in [0, 0.05) is 12.4 Å². The van der Waals surface area contributed by atoms with Gasteiger partial charge in [-0.25, -0.2) is 9.98 Å². The molecule has 15 heavy (non-hydrogen) atoms. The summed E-state index contributed by atoms with van der Waals surface area (Å²) in [5.41, 5.74) is 0.975. The third kappa shape index (κ3) is 2.40. The smallest absolute Gasteiger partial charge is 0.194 e. The molecule has 0 amide bonds. The highest BCUT2D eigenvalue weighted by molar-refractivity contribution is 5.81. The Morgan fingerprint density at radius 3 is 2.60 bits per heavy atom. The Labute approximate surface area is 87.8 Å². The molecule has 74 valence electrons. The number of hydrogen-bond acceptors (Lipinski definition) is 3. The van der Waals surface area contributed by atoms with Crippen LogP contribution >= 0.6 is 0 Å². The summed E-state index contributed by atoms with van der Waals surface area (Å²) in [5.74, 6) is 0.422. The average Bonchev–Trinajstić information content (AvgIpc) is 2.29. The van der Waals surface area contributed by atoms with Gasteiger partial charge in [0.15, 0.2) is 11.6 Å². The van der Waals surface area contributed by atoms with Gasteiger partial charge in [0.2, 0.25) is 0 Å². The van der Waals surface area contributed by atoms with Crippen molar-refractivity contribution in [2.24, 2.45) is 4.99 Å². The second kappa shape index (κ2) is 4.37. The topological polar surface area (TPSA) is 45.5 Å². The fourth-order valence-corrected chi connectivity index (χ4v) is 1.16. The van der Waals surface area contributed by atoms with Gasteiger partial charge in [0.05, 0.1) is 0 Å². The van der Waals surface area contributed by atoms with E-state index in [0.29, 0.717) is 5.82 Å².